The van der Waals surface area contributed by atoms with Crippen LogP contribution in [0.25, 0.3) is 0 Å². The lowest BCUT2D eigenvalue weighted by molar-refractivity contribution is -0.147. The summed E-state index contributed by atoms with van der Waals surface area (Å²) >= 11 is 5.32. The zero-order valence-corrected chi connectivity index (χ0v) is 16.1. The highest BCUT2D eigenvalue weighted by molar-refractivity contribution is 7.80. The number of carbonyl (C=O) groups is 3. The lowest BCUT2D eigenvalue weighted by Gasteiger charge is -2.36. The van der Waals surface area contributed by atoms with Gasteiger partial charge in [-0.15, -0.1) is 0 Å². The Bertz CT molecular complexity index is 725. The first-order valence-electron chi connectivity index (χ1n) is 8.66. The van der Waals surface area contributed by atoms with Crippen LogP contribution < -0.4 is 15.4 Å². The maximum Gasteiger partial charge on any atom is 0.308 e. The number of amides is 2. The van der Waals surface area contributed by atoms with Crippen LogP contribution >= 0.6 is 12.2 Å². The molecule has 9 heteroatoms. The molecule has 1 aromatic rings. The Morgan fingerprint density at radius 2 is 2.11 bits per heavy atom. The zero-order valence-electron chi connectivity index (χ0n) is 15.3. The normalized spacial score (nSPS) is 16.3. The predicted octanol–water partition coefficient (Wildman–Crippen LogP) is 0.854. The highest BCUT2D eigenvalue weighted by atomic mass is 32.1. The molecule has 1 aromatic carbocycles. The second kappa shape index (κ2) is 9.86. The van der Waals surface area contributed by atoms with E-state index in [0.717, 1.165) is 0 Å². The molecule has 0 aromatic heterocycles. The molecule has 1 saturated heterocycles. The van der Waals surface area contributed by atoms with Gasteiger partial charge in [-0.25, -0.2) is 0 Å². The van der Waals surface area contributed by atoms with Gasteiger partial charge in [0.15, 0.2) is 5.11 Å². The minimum atomic E-state index is -0.825. The van der Waals surface area contributed by atoms with E-state index in [4.69, 9.17) is 21.7 Å². The van der Waals surface area contributed by atoms with Crippen LogP contribution in [0.1, 0.15) is 30.1 Å². The third-order valence-electron chi connectivity index (χ3n) is 3.99. The van der Waals surface area contributed by atoms with Crippen LogP contribution in [-0.4, -0.2) is 60.6 Å². The van der Waals surface area contributed by atoms with Crippen LogP contribution in [0, 0.1) is 0 Å². The van der Waals surface area contributed by atoms with E-state index in [2.05, 4.69) is 10.6 Å². The number of esters is 1. The molecular weight excluding hydrogens is 370 g/mol. The summed E-state index contributed by atoms with van der Waals surface area (Å²) in [4.78, 5) is 38.2. The van der Waals surface area contributed by atoms with Gasteiger partial charge in [-0.3, -0.25) is 19.7 Å². The summed E-state index contributed by atoms with van der Waals surface area (Å²) < 4.78 is 10.2. The number of rotatable bonds is 6. The van der Waals surface area contributed by atoms with Crippen LogP contribution in [0.5, 0.6) is 5.75 Å². The molecule has 2 N–H and O–H groups in total. The predicted molar refractivity (Wildman–Crippen MR) is 102 cm³/mol. The lowest BCUT2D eigenvalue weighted by atomic mass is 10.1. The van der Waals surface area contributed by atoms with Crippen LogP contribution in [-0.2, 0) is 14.3 Å². The fourth-order valence-corrected chi connectivity index (χ4v) is 2.97. The monoisotopic (exact) mass is 393 g/mol. The molecule has 0 saturated carbocycles. The van der Waals surface area contributed by atoms with E-state index in [0.29, 0.717) is 37.4 Å². The summed E-state index contributed by atoms with van der Waals surface area (Å²) in [7, 11) is 1.47. The molecule has 27 heavy (non-hydrogen) atoms. The van der Waals surface area contributed by atoms with Gasteiger partial charge in [0.2, 0.25) is 5.91 Å². The fourth-order valence-electron chi connectivity index (χ4n) is 2.66. The lowest BCUT2D eigenvalue weighted by Crippen LogP contribution is -2.60. The van der Waals surface area contributed by atoms with E-state index in [1.807, 2.05) is 6.92 Å². The van der Waals surface area contributed by atoms with E-state index in [9.17, 15) is 14.4 Å². The molecule has 2 amide bonds. The number of carbonyl (C=O) groups excluding carboxylic acids is 3. The van der Waals surface area contributed by atoms with Crippen LogP contribution in [0.2, 0.25) is 0 Å². The quantitative estimate of drug-likeness (QED) is 0.546. The van der Waals surface area contributed by atoms with Crippen molar-refractivity contribution in [3.8, 4) is 5.75 Å². The van der Waals surface area contributed by atoms with E-state index < -0.39 is 17.9 Å². The largest absolute Gasteiger partial charge is 0.496 e. The average Bonchev–Trinajstić information content (AvgIpc) is 2.67. The molecule has 146 valence electrons. The third-order valence-corrected chi connectivity index (χ3v) is 4.33. The van der Waals surface area contributed by atoms with E-state index in [1.165, 1.54) is 12.0 Å². The van der Waals surface area contributed by atoms with Gasteiger partial charge in [-0.1, -0.05) is 19.1 Å². The zero-order chi connectivity index (χ0) is 19.8. The van der Waals surface area contributed by atoms with Crippen molar-refractivity contribution in [2.45, 2.75) is 25.8 Å². The van der Waals surface area contributed by atoms with Gasteiger partial charge in [0, 0.05) is 13.1 Å². The van der Waals surface area contributed by atoms with Gasteiger partial charge in [-0.2, -0.15) is 0 Å². The molecule has 1 heterocycles. The van der Waals surface area contributed by atoms with Crippen molar-refractivity contribution in [3.05, 3.63) is 29.8 Å². The fraction of sp³-hybridized carbons (Fsp3) is 0.444. The molecule has 0 spiro atoms. The maximum absolute atomic E-state index is 12.5. The summed E-state index contributed by atoms with van der Waals surface area (Å²) in [5.41, 5.74) is 0.322. The average molecular weight is 393 g/mol. The molecule has 1 aliphatic heterocycles. The Hall–Kier alpha value is -2.68. The molecule has 0 bridgehead atoms. The Balaban J connectivity index is 2.08. The number of nitrogens with one attached hydrogen (secondary N) is 2. The Morgan fingerprint density at radius 1 is 1.37 bits per heavy atom. The van der Waals surface area contributed by atoms with E-state index in [-0.39, 0.29) is 17.4 Å². The van der Waals surface area contributed by atoms with Crippen LogP contribution in [0.4, 0.5) is 0 Å². The third kappa shape index (κ3) is 5.40. The standard InChI is InChI=1S/C18H23N3O5S/c1-3-10-26-15(22)11-13-17(24)19-8-9-21(13)18(27)20-16(23)12-6-4-5-7-14(12)25-2/h4-7,13H,3,8-11H2,1-2H3,(H,19,24)(H,20,23,27). The van der Waals surface area contributed by atoms with Crippen molar-refractivity contribution in [2.75, 3.05) is 26.8 Å². The molecule has 1 atom stereocenters. The molecular formula is C18H23N3O5S. The molecule has 0 aliphatic carbocycles. The van der Waals surface area contributed by atoms with E-state index >= 15 is 0 Å². The Kier molecular flexibility index (Phi) is 7.54. The SMILES string of the molecule is CCCOC(=O)CC1C(=O)NCCN1C(=S)NC(=O)c1ccccc1OC. The maximum atomic E-state index is 12.5. The molecule has 1 fully saturated rings. The van der Waals surface area contributed by atoms with Crippen molar-refractivity contribution >= 4 is 35.1 Å². The van der Waals surface area contributed by atoms with Gasteiger partial charge in [-0.05, 0) is 30.8 Å². The topological polar surface area (TPSA) is 97.0 Å². The highest BCUT2D eigenvalue weighted by Crippen LogP contribution is 2.17. The number of nitrogens with zero attached hydrogens (tertiary/aromatic N) is 1. The first-order valence-corrected chi connectivity index (χ1v) is 9.07. The first kappa shape index (κ1) is 20.6. The van der Waals surface area contributed by atoms with Crippen molar-refractivity contribution in [3.63, 3.8) is 0 Å². The number of benzene rings is 1. The second-order valence-electron chi connectivity index (χ2n) is 5.88. The number of hydrogen-bond donors (Lipinski definition) is 2. The van der Waals surface area contributed by atoms with Gasteiger partial charge in [0.1, 0.15) is 11.8 Å². The Labute approximate surface area is 163 Å². The number of para-hydroxylation sites is 1. The van der Waals surface area contributed by atoms with Crippen LogP contribution in [0.15, 0.2) is 24.3 Å². The summed E-state index contributed by atoms with van der Waals surface area (Å²) in [6.07, 6.45) is 0.552. The summed E-state index contributed by atoms with van der Waals surface area (Å²) in [6, 6.07) is 5.91. The number of hydrogen-bond acceptors (Lipinski definition) is 6. The summed E-state index contributed by atoms with van der Waals surface area (Å²) in [6.45, 7) is 2.92. The molecule has 1 aliphatic rings. The second-order valence-corrected chi connectivity index (χ2v) is 6.27. The van der Waals surface area contributed by atoms with Crippen molar-refractivity contribution in [2.24, 2.45) is 0 Å². The number of ether oxygens (including phenoxy) is 2. The van der Waals surface area contributed by atoms with Crippen molar-refractivity contribution < 1.29 is 23.9 Å². The summed E-state index contributed by atoms with van der Waals surface area (Å²) in [5.74, 6) is -0.851. The molecule has 2 rings (SSSR count). The van der Waals surface area contributed by atoms with Gasteiger partial charge in [0.25, 0.3) is 5.91 Å². The number of methoxy groups -OCH3 is 1. The van der Waals surface area contributed by atoms with Crippen LogP contribution in [0.3, 0.4) is 0 Å². The van der Waals surface area contributed by atoms with Gasteiger partial charge < -0.3 is 19.7 Å². The number of piperazine rings is 1. The first-order chi connectivity index (χ1) is 13.0. The minimum absolute atomic E-state index is 0.0778. The number of thiocarbonyl (C=S) groups is 1. The molecule has 0 radical (unpaired) electrons. The minimum Gasteiger partial charge on any atom is -0.496 e. The van der Waals surface area contributed by atoms with E-state index in [1.54, 1.807) is 24.3 Å². The molecule has 1 unspecified atom stereocenters. The highest BCUT2D eigenvalue weighted by Gasteiger charge is 2.34. The van der Waals surface area contributed by atoms with Gasteiger partial charge >= 0.3 is 5.97 Å². The summed E-state index contributed by atoms with van der Waals surface area (Å²) in [5, 5.41) is 5.39. The van der Waals surface area contributed by atoms with Crippen molar-refractivity contribution in [1.29, 1.82) is 0 Å². The Morgan fingerprint density at radius 3 is 2.81 bits per heavy atom. The van der Waals surface area contributed by atoms with Gasteiger partial charge in [0.05, 0.1) is 25.7 Å². The molecule has 8 nitrogen and oxygen atoms in total. The smallest absolute Gasteiger partial charge is 0.308 e. The van der Waals surface area contributed by atoms with Crippen molar-refractivity contribution in [1.82, 2.24) is 15.5 Å².